The highest BCUT2D eigenvalue weighted by Crippen LogP contribution is 2.31. The van der Waals surface area contributed by atoms with Gasteiger partial charge in [0.2, 0.25) is 0 Å². The summed E-state index contributed by atoms with van der Waals surface area (Å²) in [4.78, 5) is 12.4. The van der Waals surface area contributed by atoms with Crippen LogP contribution in [0.4, 0.5) is 5.82 Å². The molecular formula is C20H17BrN4O2. The SMILES string of the molecule is Cc1nn(C)c(NC(=O)COc2ccccc2C#N)c1-c1ccc(Br)cc1. The molecule has 1 N–H and O–H groups in total. The van der Waals surface area contributed by atoms with Crippen LogP contribution in [0.1, 0.15) is 11.3 Å². The van der Waals surface area contributed by atoms with Crippen LogP contribution in [0.15, 0.2) is 53.0 Å². The summed E-state index contributed by atoms with van der Waals surface area (Å²) in [6.45, 7) is 1.69. The number of aromatic nitrogens is 2. The van der Waals surface area contributed by atoms with Crippen LogP contribution in [0.2, 0.25) is 0 Å². The van der Waals surface area contributed by atoms with Gasteiger partial charge in [-0.15, -0.1) is 0 Å². The van der Waals surface area contributed by atoms with Gasteiger partial charge in [-0.1, -0.05) is 40.2 Å². The number of anilines is 1. The second kappa shape index (κ2) is 8.06. The summed E-state index contributed by atoms with van der Waals surface area (Å²) >= 11 is 3.42. The van der Waals surface area contributed by atoms with E-state index in [-0.39, 0.29) is 12.5 Å². The van der Waals surface area contributed by atoms with E-state index >= 15 is 0 Å². The number of carbonyl (C=O) groups excluding carboxylic acids is 1. The van der Waals surface area contributed by atoms with E-state index in [1.165, 1.54) is 0 Å². The first-order valence-electron chi connectivity index (χ1n) is 8.21. The molecule has 7 heteroatoms. The second-order valence-corrected chi connectivity index (χ2v) is 6.80. The molecule has 1 amide bonds. The van der Waals surface area contributed by atoms with Gasteiger partial charge < -0.3 is 10.1 Å². The molecule has 0 aliphatic carbocycles. The smallest absolute Gasteiger partial charge is 0.263 e. The number of nitrogens with one attached hydrogen (secondary N) is 1. The van der Waals surface area contributed by atoms with Crippen molar-refractivity contribution >= 4 is 27.7 Å². The van der Waals surface area contributed by atoms with E-state index in [0.717, 1.165) is 21.3 Å². The summed E-state index contributed by atoms with van der Waals surface area (Å²) in [7, 11) is 1.77. The fourth-order valence-corrected chi connectivity index (χ4v) is 3.02. The summed E-state index contributed by atoms with van der Waals surface area (Å²) in [6, 6.07) is 16.6. The molecule has 3 aromatic rings. The lowest BCUT2D eigenvalue weighted by molar-refractivity contribution is -0.118. The molecule has 0 unspecified atom stereocenters. The number of halogens is 1. The van der Waals surface area contributed by atoms with E-state index in [1.807, 2.05) is 37.3 Å². The first-order valence-corrected chi connectivity index (χ1v) is 9.00. The van der Waals surface area contributed by atoms with Gasteiger partial charge in [0.05, 0.1) is 11.3 Å². The van der Waals surface area contributed by atoms with Crippen LogP contribution in [0.5, 0.6) is 5.75 Å². The minimum Gasteiger partial charge on any atom is -0.482 e. The molecule has 1 aromatic heterocycles. The van der Waals surface area contributed by atoms with Crippen molar-refractivity contribution in [2.75, 3.05) is 11.9 Å². The lowest BCUT2D eigenvalue weighted by Gasteiger charge is -2.11. The van der Waals surface area contributed by atoms with Crippen molar-refractivity contribution < 1.29 is 9.53 Å². The Morgan fingerprint density at radius 2 is 1.96 bits per heavy atom. The summed E-state index contributed by atoms with van der Waals surface area (Å²) < 4.78 is 8.11. The first kappa shape index (κ1) is 18.7. The van der Waals surface area contributed by atoms with Gasteiger partial charge in [0.15, 0.2) is 6.61 Å². The van der Waals surface area contributed by atoms with E-state index in [9.17, 15) is 4.79 Å². The van der Waals surface area contributed by atoms with Crippen LogP contribution < -0.4 is 10.1 Å². The molecule has 6 nitrogen and oxygen atoms in total. The molecule has 27 heavy (non-hydrogen) atoms. The normalized spacial score (nSPS) is 10.3. The van der Waals surface area contributed by atoms with Gasteiger partial charge in [0, 0.05) is 17.1 Å². The predicted molar refractivity (Wildman–Crippen MR) is 106 cm³/mol. The third-order valence-electron chi connectivity index (χ3n) is 3.98. The predicted octanol–water partition coefficient (Wildman–Crippen LogP) is 4.05. The van der Waals surface area contributed by atoms with Crippen molar-refractivity contribution in [2.24, 2.45) is 7.05 Å². The summed E-state index contributed by atoms with van der Waals surface area (Å²) in [5, 5.41) is 16.4. The van der Waals surface area contributed by atoms with Crippen LogP contribution in [0, 0.1) is 18.3 Å². The molecule has 0 saturated carbocycles. The van der Waals surface area contributed by atoms with Crippen molar-refractivity contribution in [3.05, 3.63) is 64.3 Å². The average molecular weight is 425 g/mol. The van der Waals surface area contributed by atoms with E-state index in [2.05, 4.69) is 26.3 Å². The van der Waals surface area contributed by atoms with Gasteiger partial charge in [0.1, 0.15) is 17.6 Å². The molecule has 0 bridgehead atoms. The monoisotopic (exact) mass is 424 g/mol. The number of amides is 1. The van der Waals surface area contributed by atoms with Gasteiger partial charge in [-0.3, -0.25) is 9.48 Å². The number of ether oxygens (including phenoxy) is 1. The summed E-state index contributed by atoms with van der Waals surface area (Å²) in [5.74, 6) is 0.644. The zero-order chi connectivity index (χ0) is 19.4. The van der Waals surface area contributed by atoms with Crippen LogP contribution in [-0.2, 0) is 11.8 Å². The van der Waals surface area contributed by atoms with E-state index in [4.69, 9.17) is 10.00 Å². The highest BCUT2D eigenvalue weighted by Gasteiger charge is 2.18. The van der Waals surface area contributed by atoms with Gasteiger partial charge in [-0.05, 0) is 36.8 Å². The number of carbonyl (C=O) groups is 1. The summed E-state index contributed by atoms with van der Waals surface area (Å²) in [5.41, 5.74) is 3.01. The van der Waals surface area contributed by atoms with Gasteiger partial charge >= 0.3 is 0 Å². The number of rotatable bonds is 5. The third-order valence-corrected chi connectivity index (χ3v) is 4.51. The number of hydrogen-bond donors (Lipinski definition) is 1. The molecule has 1 heterocycles. The largest absolute Gasteiger partial charge is 0.482 e. The zero-order valence-electron chi connectivity index (χ0n) is 14.9. The van der Waals surface area contributed by atoms with Gasteiger partial charge in [0.25, 0.3) is 5.91 Å². The quantitative estimate of drug-likeness (QED) is 0.669. The topological polar surface area (TPSA) is 79.9 Å². The Balaban J connectivity index is 1.78. The molecule has 0 fully saturated rings. The molecule has 0 radical (unpaired) electrons. The van der Waals surface area contributed by atoms with E-state index < -0.39 is 0 Å². The molecule has 0 saturated heterocycles. The zero-order valence-corrected chi connectivity index (χ0v) is 16.4. The number of para-hydroxylation sites is 1. The number of nitrogens with zero attached hydrogens (tertiary/aromatic N) is 3. The highest BCUT2D eigenvalue weighted by atomic mass is 79.9. The maximum atomic E-state index is 12.4. The second-order valence-electron chi connectivity index (χ2n) is 5.88. The number of hydrogen-bond acceptors (Lipinski definition) is 4. The Bertz CT molecular complexity index is 1020. The highest BCUT2D eigenvalue weighted by molar-refractivity contribution is 9.10. The molecule has 0 spiro atoms. The van der Waals surface area contributed by atoms with Crippen LogP contribution in [0.3, 0.4) is 0 Å². The number of nitriles is 1. The lowest BCUT2D eigenvalue weighted by Crippen LogP contribution is -2.22. The Hall–Kier alpha value is -3.11. The van der Waals surface area contributed by atoms with Crippen molar-refractivity contribution in [3.8, 4) is 22.9 Å². The molecular weight excluding hydrogens is 408 g/mol. The van der Waals surface area contributed by atoms with Gasteiger partial charge in [-0.25, -0.2) is 0 Å². The van der Waals surface area contributed by atoms with E-state index in [0.29, 0.717) is 17.1 Å². The first-order chi connectivity index (χ1) is 13.0. The maximum absolute atomic E-state index is 12.4. The molecule has 0 aliphatic rings. The summed E-state index contributed by atoms with van der Waals surface area (Å²) in [6.07, 6.45) is 0. The molecule has 3 rings (SSSR count). The fourth-order valence-electron chi connectivity index (χ4n) is 2.76. The fraction of sp³-hybridized carbons (Fsp3) is 0.150. The molecule has 2 aromatic carbocycles. The van der Waals surface area contributed by atoms with Crippen molar-refractivity contribution in [1.82, 2.24) is 9.78 Å². The van der Waals surface area contributed by atoms with E-state index in [1.54, 1.807) is 36.0 Å². The Kier molecular flexibility index (Phi) is 5.57. The van der Waals surface area contributed by atoms with Crippen molar-refractivity contribution in [3.63, 3.8) is 0 Å². The minimum absolute atomic E-state index is 0.206. The van der Waals surface area contributed by atoms with Crippen LogP contribution >= 0.6 is 15.9 Å². The Morgan fingerprint density at radius 1 is 1.26 bits per heavy atom. The number of aryl methyl sites for hydroxylation is 2. The van der Waals surface area contributed by atoms with Crippen molar-refractivity contribution in [2.45, 2.75) is 6.92 Å². The molecule has 0 atom stereocenters. The molecule has 136 valence electrons. The lowest BCUT2D eigenvalue weighted by atomic mass is 10.1. The molecule has 0 aliphatic heterocycles. The van der Waals surface area contributed by atoms with Gasteiger partial charge in [-0.2, -0.15) is 10.4 Å². The minimum atomic E-state index is -0.330. The standard InChI is InChI=1S/C20H17BrN4O2/c1-13-19(14-7-9-16(21)10-8-14)20(25(2)24-13)23-18(26)12-27-17-6-4-3-5-15(17)11-22/h3-10H,12H2,1-2H3,(H,23,26). The van der Waals surface area contributed by atoms with Crippen molar-refractivity contribution in [1.29, 1.82) is 5.26 Å². The third kappa shape index (κ3) is 4.18. The average Bonchev–Trinajstić information content (AvgIpc) is 2.94. The van der Waals surface area contributed by atoms with Crippen LogP contribution in [0.25, 0.3) is 11.1 Å². The maximum Gasteiger partial charge on any atom is 0.263 e. The number of benzene rings is 2. The van der Waals surface area contributed by atoms with Crippen LogP contribution in [-0.4, -0.2) is 22.3 Å². The Labute approximate surface area is 165 Å². The Morgan fingerprint density at radius 3 is 2.67 bits per heavy atom.